The van der Waals surface area contributed by atoms with Crippen molar-refractivity contribution in [1.29, 1.82) is 0 Å². The smallest absolute Gasteiger partial charge is 0.325 e. The van der Waals surface area contributed by atoms with E-state index in [1.165, 1.54) is 13.4 Å². The highest BCUT2D eigenvalue weighted by Crippen LogP contribution is 2.22. The maximum absolute atomic E-state index is 11.3. The van der Waals surface area contributed by atoms with E-state index in [9.17, 15) is 4.79 Å². The third kappa shape index (κ3) is 4.08. The molecule has 0 saturated heterocycles. The van der Waals surface area contributed by atoms with E-state index in [2.05, 4.69) is 40.4 Å². The number of hydrogen-bond donors (Lipinski definition) is 0. The molecule has 6 heteroatoms. The van der Waals surface area contributed by atoms with Gasteiger partial charge in [0.1, 0.15) is 24.5 Å². The predicted molar refractivity (Wildman–Crippen MR) is 75.5 cm³/mol. The Bertz CT molecular complexity index is 443. The Morgan fingerprint density at radius 2 is 1.84 bits per heavy atom. The summed E-state index contributed by atoms with van der Waals surface area (Å²) in [6.45, 7) is 6.47. The van der Waals surface area contributed by atoms with Gasteiger partial charge in [-0.2, -0.15) is 0 Å². The summed E-state index contributed by atoms with van der Waals surface area (Å²) < 4.78 is 4.64. The number of likely N-dealkylation sites (N-methyl/N-ethyl adjacent to an activating group) is 1. The standard InChI is InChI=1S/C13H22N4O2/c1-13(2,3)17(5)11-7-10(14-9-15-11)16(4)8-12(18)19-6/h7,9H,8H2,1-6H3. The average Bonchev–Trinajstić information content (AvgIpc) is 2.36. The number of hydrogen-bond acceptors (Lipinski definition) is 6. The highest BCUT2D eigenvalue weighted by Gasteiger charge is 2.19. The Morgan fingerprint density at radius 3 is 2.37 bits per heavy atom. The fourth-order valence-corrected chi connectivity index (χ4v) is 1.41. The molecular formula is C13H22N4O2. The van der Waals surface area contributed by atoms with Gasteiger partial charge in [0, 0.05) is 25.7 Å². The molecule has 0 radical (unpaired) electrons. The number of carbonyl (C=O) groups excluding carboxylic acids is 1. The molecule has 0 atom stereocenters. The first-order valence-corrected chi connectivity index (χ1v) is 6.09. The van der Waals surface area contributed by atoms with Gasteiger partial charge in [0.2, 0.25) is 0 Å². The van der Waals surface area contributed by atoms with Crippen molar-refractivity contribution in [2.75, 3.05) is 37.5 Å². The van der Waals surface area contributed by atoms with Gasteiger partial charge < -0.3 is 14.5 Å². The molecule has 0 aliphatic rings. The third-order valence-electron chi connectivity index (χ3n) is 2.97. The largest absolute Gasteiger partial charge is 0.468 e. The Kier molecular flexibility index (Phi) is 4.69. The molecule has 106 valence electrons. The van der Waals surface area contributed by atoms with E-state index in [4.69, 9.17) is 0 Å². The van der Waals surface area contributed by atoms with Crippen LogP contribution in [0.25, 0.3) is 0 Å². The Hall–Kier alpha value is -1.85. The van der Waals surface area contributed by atoms with Crippen LogP contribution < -0.4 is 9.80 Å². The summed E-state index contributed by atoms with van der Waals surface area (Å²) in [6, 6.07) is 1.86. The molecule has 1 heterocycles. The first-order chi connectivity index (χ1) is 8.75. The van der Waals surface area contributed by atoms with E-state index in [-0.39, 0.29) is 18.1 Å². The average molecular weight is 266 g/mol. The second-order valence-electron chi connectivity index (χ2n) is 5.40. The molecule has 0 bridgehead atoms. The summed E-state index contributed by atoms with van der Waals surface area (Å²) in [4.78, 5) is 23.5. The summed E-state index contributed by atoms with van der Waals surface area (Å²) in [5.74, 6) is 1.20. The molecule has 0 fully saturated rings. The van der Waals surface area contributed by atoms with Gasteiger partial charge in [-0.1, -0.05) is 0 Å². The fourth-order valence-electron chi connectivity index (χ4n) is 1.41. The predicted octanol–water partition coefficient (Wildman–Crippen LogP) is 1.32. The summed E-state index contributed by atoms with van der Waals surface area (Å²) in [5.41, 5.74) is -0.0352. The normalized spacial score (nSPS) is 11.1. The monoisotopic (exact) mass is 266 g/mol. The minimum atomic E-state index is -0.299. The Labute approximate surface area is 114 Å². The second kappa shape index (κ2) is 5.86. The minimum absolute atomic E-state index is 0.0352. The van der Waals surface area contributed by atoms with E-state index in [0.29, 0.717) is 5.82 Å². The second-order valence-corrected chi connectivity index (χ2v) is 5.40. The van der Waals surface area contributed by atoms with Crippen LogP contribution >= 0.6 is 0 Å². The first kappa shape index (κ1) is 15.2. The molecule has 0 aliphatic heterocycles. The van der Waals surface area contributed by atoms with E-state index >= 15 is 0 Å². The van der Waals surface area contributed by atoms with E-state index in [0.717, 1.165) is 5.82 Å². The van der Waals surface area contributed by atoms with Crippen molar-refractivity contribution in [3.05, 3.63) is 12.4 Å². The maximum Gasteiger partial charge on any atom is 0.325 e. The summed E-state index contributed by atoms with van der Waals surface area (Å²) in [7, 11) is 5.14. The number of esters is 1. The number of ether oxygens (including phenoxy) is 1. The molecule has 0 aliphatic carbocycles. The van der Waals surface area contributed by atoms with E-state index in [1.54, 1.807) is 11.9 Å². The number of carbonyl (C=O) groups is 1. The lowest BCUT2D eigenvalue weighted by atomic mass is 10.1. The van der Waals surface area contributed by atoms with Crippen LogP contribution in [0.3, 0.4) is 0 Å². The molecule has 1 rings (SSSR count). The van der Waals surface area contributed by atoms with E-state index in [1.807, 2.05) is 13.1 Å². The molecule has 0 amide bonds. The van der Waals surface area contributed by atoms with Crippen molar-refractivity contribution < 1.29 is 9.53 Å². The van der Waals surface area contributed by atoms with Crippen LogP contribution in [0, 0.1) is 0 Å². The SMILES string of the molecule is COC(=O)CN(C)c1cc(N(C)C(C)(C)C)ncn1. The van der Waals surface area contributed by atoms with Gasteiger partial charge in [0.25, 0.3) is 0 Å². The van der Waals surface area contributed by atoms with Crippen LogP contribution in [-0.4, -0.2) is 49.2 Å². The highest BCUT2D eigenvalue weighted by molar-refractivity contribution is 5.75. The molecule has 1 aromatic heterocycles. The fraction of sp³-hybridized carbons (Fsp3) is 0.615. The minimum Gasteiger partial charge on any atom is -0.468 e. The molecule has 6 nitrogen and oxygen atoms in total. The molecular weight excluding hydrogens is 244 g/mol. The number of nitrogens with zero attached hydrogens (tertiary/aromatic N) is 4. The van der Waals surface area contributed by atoms with Crippen molar-refractivity contribution in [1.82, 2.24) is 9.97 Å². The highest BCUT2D eigenvalue weighted by atomic mass is 16.5. The summed E-state index contributed by atoms with van der Waals surface area (Å²) >= 11 is 0. The molecule has 0 N–H and O–H groups in total. The zero-order chi connectivity index (χ0) is 14.6. The summed E-state index contributed by atoms with van der Waals surface area (Å²) in [6.07, 6.45) is 1.50. The van der Waals surface area contributed by atoms with Gasteiger partial charge in [0.15, 0.2) is 0 Å². The molecule has 0 unspecified atom stereocenters. The van der Waals surface area contributed by atoms with Crippen LogP contribution in [0.4, 0.5) is 11.6 Å². The topological polar surface area (TPSA) is 58.6 Å². The van der Waals surface area contributed by atoms with Crippen LogP contribution in [0.1, 0.15) is 20.8 Å². The Morgan fingerprint density at radius 1 is 1.26 bits per heavy atom. The van der Waals surface area contributed by atoms with Crippen molar-refractivity contribution in [2.24, 2.45) is 0 Å². The molecule has 19 heavy (non-hydrogen) atoms. The number of anilines is 2. The van der Waals surface area contributed by atoms with Crippen LogP contribution in [0.15, 0.2) is 12.4 Å². The zero-order valence-corrected chi connectivity index (χ0v) is 12.5. The van der Waals surface area contributed by atoms with E-state index < -0.39 is 0 Å². The number of methoxy groups -OCH3 is 1. The van der Waals surface area contributed by atoms with Gasteiger partial charge in [-0.05, 0) is 20.8 Å². The van der Waals surface area contributed by atoms with Crippen molar-refractivity contribution in [3.63, 3.8) is 0 Å². The molecule has 0 saturated carbocycles. The zero-order valence-electron chi connectivity index (χ0n) is 12.5. The van der Waals surface area contributed by atoms with Gasteiger partial charge in [-0.3, -0.25) is 4.79 Å². The lowest BCUT2D eigenvalue weighted by Gasteiger charge is -2.33. The van der Waals surface area contributed by atoms with Crippen LogP contribution in [-0.2, 0) is 9.53 Å². The molecule has 0 aromatic carbocycles. The van der Waals surface area contributed by atoms with Gasteiger partial charge in [-0.15, -0.1) is 0 Å². The third-order valence-corrected chi connectivity index (χ3v) is 2.97. The molecule has 1 aromatic rings. The summed E-state index contributed by atoms with van der Waals surface area (Å²) in [5, 5.41) is 0. The number of rotatable bonds is 4. The van der Waals surface area contributed by atoms with Crippen molar-refractivity contribution >= 4 is 17.6 Å². The van der Waals surface area contributed by atoms with Crippen LogP contribution in [0.2, 0.25) is 0 Å². The lowest BCUT2D eigenvalue weighted by molar-refractivity contribution is -0.138. The van der Waals surface area contributed by atoms with Crippen molar-refractivity contribution in [2.45, 2.75) is 26.3 Å². The van der Waals surface area contributed by atoms with Crippen molar-refractivity contribution in [3.8, 4) is 0 Å². The lowest BCUT2D eigenvalue weighted by Crippen LogP contribution is -2.38. The first-order valence-electron chi connectivity index (χ1n) is 6.09. The quantitative estimate of drug-likeness (QED) is 0.766. The Balaban J connectivity index is 2.91. The number of aromatic nitrogens is 2. The van der Waals surface area contributed by atoms with Crippen LogP contribution in [0.5, 0.6) is 0 Å². The maximum atomic E-state index is 11.3. The van der Waals surface area contributed by atoms with Gasteiger partial charge in [-0.25, -0.2) is 9.97 Å². The van der Waals surface area contributed by atoms with Gasteiger partial charge >= 0.3 is 5.97 Å². The molecule has 0 spiro atoms. The van der Waals surface area contributed by atoms with Gasteiger partial charge in [0.05, 0.1) is 7.11 Å².